The minimum atomic E-state index is -0.942. The third kappa shape index (κ3) is 4.71. The molecule has 3 amide bonds. The molecule has 0 aromatic heterocycles. The number of hydrogen-bond donors (Lipinski definition) is 3. The van der Waals surface area contributed by atoms with Gasteiger partial charge >= 0.3 is 12.0 Å². The second kappa shape index (κ2) is 6.07. The number of rotatable bonds is 4. The quantitative estimate of drug-likeness (QED) is 0.613. The maximum absolute atomic E-state index is 11.6. The summed E-state index contributed by atoms with van der Waals surface area (Å²) in [5.74, 6) is -1.05. The Balaban J connectivity index is 2.25. The molecule has 96 valence electrons. The number of nitrogens with one attached hydrogen (secondary N) is 2. The van der Waals surface area contributed by atoms with Gasteiger partial charge in [0.15, 0.2) is 0 Å². The lowest BCUT2D eigenvalue weighted by molar-refractivity contribution is -0.136. The van der Waals surface area contributed by atoms with Crippen molar-refractivity contribution < 1.29 is 19.5 Å². The standard InChI is InChI=1S/C10H17N3O4/c1-7(14)12-8-3-5-13(6-8)10(17)11-4-2-9(15)16/h8H,2-6H2,1H3,(H,11,17)(H,12,14)(H,15,16). The zero-order valence-electron chi connectivity index (χ0n) is 9.73. The van der Waals surface area contributed by atoms with E-state index in [0.29, 0.717) is 13.1 Å². The molecule has 1 unspecified atom stereocenters. The number of carbonyl (C=O) groups excluding carboxylic acids is 2. The highest BCUT2D eigenvalue weighted by Crippen LogP contribution is 2.08. The summed E-state index contributed by atoms with van der Waals surface area (Å²) in [6, 6.07) is -0.281. The highest BCUT2D eigenvalue weighted by molar-refractivity contribution is 5.76. The van der Waals surface area contributed by atoms with Gasteiger partial charge in [0.2, 0.25) is 5.91 Å². The molecule has 1 aliphatic rings. The molecule has 1 saturated heterocycles. The van der Waals surface area contributed by atoms with Gasteiger partial charge in [-0.15, -0.1) is 0 Å². The van der Waals surface area contributed by atoms with Gasteiger partial charge in [0, 0.05) is 32.6 Å². The first-order chi connectivity index (χ1) is 7.99. The molecule has 0 radical (unpaired) electrons. The summed E-state index contributed by atoms with van der Waals surface area (Å²) in [6.45, 7) is 2.60. The van der Waals surface area contributed by atoms with Crippen molar-refractivity contribution in [2.75, 3.05) is 19.6 Å². The molecule has 1 atom stereocenters. The molecular weight excluding hydrogens is 226 g/mol. The van der Waals surface area contributed by atoms with Crippen LogP contribution in [-0.4, -0.2) is 53.6 Å². The Kier molecular flexibility index (Phi) is 4.74. The third-order valence-electron chi connectivity index (χ3n) is 2.50. The molecule has 1 rings (SSSR count). The Hall–Kier alpha value is -1.79. The zero-order chi connectivity index (χ0) is 12.8. The predicted octanol–water partition coefficient (Wildman–Crippen LogP) is -0.619. The molecule has 1 fully saturated rings. The van der Waals surface area contributed by atoms with Crippen molar-refractivity contribution in [3.8, 4) is 0 Å². The first-order valence-electron chi connectivity index (χ1n) is 5.50. The maximum atomic E-state index is 11.6. The minimum Gasteiger partial charge on any atom is -0.481 e. The van der Waals surface area contributed by atoms with Crippen molar-refractivity contribution in [1.82, 2.24) is 15.5 Å². The SMILES string of the molecule is CC(=O)NC1CCN(C(=O)NCCC(=O)O)C1. The van der Waals surface area contributed by atoms with Crippen LogP contribution < -0.4 is 10.6 Å². The van der Waals surface area contributed by atoms with Gasteiger partial charge in [-0.3, -0.25) is 9.59 Å². The van der Waals surface area contributed by atoms with Crippen LogP contribution in [-0.2, 0) is 9.59 Å². The van der Waals surface area contributed by atoms with Crippen LogP contribution in [0.4, 0.5) is 4.79 Å². The highest BCUT2D eigenvalue weighted by atomic mass is 16.4. The monoisotopic (exact) mass is 243 g/mol. The highest BCUT2D eigenvalue weighted by Gasteiger charge is 2.26. The largest absolute Gasteiger partial charge is 0.481 e. The second-order valence-electron chi connectivity index (χ2n) is 4.01. The van der Waals surface area contributed by atoms with Crippen LogP contribution in [0, 0.1) is 0 Å². The molecule has 7 nitrogen and oxygen atoms in total. The molecule has 0 bridgehead atoms. The number of hydrogen-bond acceptors (Lipinski definition) is 3. The molecule has 0 aromatic rings. The van der Waals surface area contributed by atoms with E-state index in [9.17, 15) is 14.4 Å². The lowest BCUT2D eigenvalue weighted by Gasteiger charge is -2.17. The first-order valence-corrected chi connectivity index (χ1v) is 5.50. The fraction of sp³-hybridized carbons (Fsp3) is 0.700. The second-order valence-corrected chi connectivity index (χ2v) is 4.01. The van der Waals surface area contributed by atoms with E-state index < -0.39 is 5.97 Å². The number of urea groups is 1. The van der Waals surface area contributed by atoms with E-state index in [2.05, 4.69) is 10.6 Å². The summed E-state index contributed by atoms with van der Waals surface area (Å²) >= 11 is 0. The molecule has 0 aliphatic carbocycles. The van der Waals surface area contributed by atoms with Crippen molar-refractivity contribution in [2.45, 2.75) is 25.8 Å². The van der Waals surface area contributed by atoms with Crippen molar-refractivity contribution in [2.24, 2.45) is 0 Å². The summed E-state index contributed by atoms with van der Waals surface area (Å²) < 4.78 is 0. The van der Waals surface area contributed by atoms with Crippen molar-refractivity contribution in [1.29, 1.82) is 0 Å². The number of aliphatic carboxylic acids is 1. The van der Waals surface area contributed by atoms with Gasteiger partial charge < -0.3 is 20.6 Å². The number of carbonyl (C=O) groups is 3. The molecule has 0 spiro atoms. The molecule has 17 heavy (non-hydrogen) atoms. The Labute approximate surface area is 99.2 Å². The molecule has 0 aromatic carbocycles. The molecule has 7 heteroatoms. The minimum absolute atomic E-state index is 0.00211. The van der Waals surface area contributed by atoms with Gasteiger partial charge in [-0.2, -0.15) is 0 Å². The van der Waals surface area contributed by atoms with Crippen molar-refractivity contribution in [3.63, 3.8) is 0 Å². The number of nitrogens with zero attached hydrogens (tertiary/aromatic N) is 1. The van der Waals surface area contributed by atoms with Gasteiger partial charge in [0.1, 0.15) is 0 Å². The summed E-state index contributed by atoms with van der Waals surface area (Å²) in [6.07, 6.45) is 0.640. The lowest BCUT2D eigenvalue weighted by atomic mass is 10.3. The Morgan fingerprint density at radius 1 is 1.41 bits per heavy atom. The van der Waals surface area contributed by atoms with Crippen molar-refractivity contribution in [3.05, 3.63) is 0 Å². The lowest BCUT2D eigenvalue weighted by Crippen LogP contribution is -2.42. The number of carboxylic acid groups (broad SMARTS) is 1. The topological polar surface area (TPSA) is 98.7 Å². The van der Waals surface area contributed by atoms with Gasteiger partial charge in [0.25, 0.3) is 0 Å². The van der Waals surface area contributed by atoms with Crippen LogP contribution in [0.2, 0.25) is 0 Å². The summed E-state index contributed by atoms with van der Waals surface area (Å²) in [7, 11) is 0. The third-order valence-corrected chi connectivity index (χ3v) is 2.50. The maximum Gasteiger partial charge on any atom is 0.317 e. The van der Waals surface area contributed by atoms with Gasteiger partial charge in [0.05, 0.1) is 6.42 Å². The van der Waals surface area contributed by atoms with E-state index in [1.54, 1.807) is 4.90 Å². The van der Waals surface area contributed by atoms with Crippen LogP contribution in [0.25, 0.3) is 0 Å². The summed E-state index contributed by atoms with van der Waals surface area (Å²) in [4.78, 5) is 34.2. The van der Waals surface area contributed by atoms with E-state index in [0.717, 1.165) is 6.42 Å². The Bertz CT molecular complexity index is 319. The van der Waals surface area contributed by atoms with Crippen LogP contribution in [0.5, 0.6) is 0 Å². The molecule has 1 heterocycles. The predicted molar refractivity (Wildman–Crippen MR) is 59.4 cm³/mol. The van der Waals surface area contributed by atoms with Crippen LogP contribution in [0.3, 0.4) is 0 Å². The van der Waals surface area contributed by atoms with E-state index in [1.807, 2.05) is 0 Å². The van der Waals surface area contributed by atoms with Crippen molar-refractivity contribution >= 4 is 17.9 Å². The van der Waals surface area contributed by atoms with E-state index in [1.165, 1.54) is 6.92 Å². The molecular formula is C10H17N3O4. The van der Waals surface area contributed by atoms with Crippen LogP contribution in [0.15, 0.2) is 0 Å². The van der Waals surface area contributed by atoms with Crippen LogP contribution in [0.1, 0.15) is 19.8 Å². The first kappa shape index (κ1) is 13.3. The number of likely N-dealkylation sites (tertiary alicyclic amines) is 1. The van der Waals surface area contributed by atoms with Gasteiger partial charge in [-0.25, -0.2) is 4.79 Å². The fourth-order valence-corrected chi connectivity index (χ4v) is 1.74. The summed E-state index contributed by atoms with van der Waals surface area (Å²) in [5.41, 5.74) is 0. The van der Waals surface area contributed by atoms with Crippen LogP contribution >= 0.6 is 0 Å². The smallest absolute Gasteiger partial charge is 0.317 e. The molecule has 3 N–H and O–H groups in total. The Morgan fingerprint density at radius 3 is 2.71 bits per heavy atom. The van der Waals surface area contributed by atoms with Gasteiger partial charge in [-0.05, 0) is 6.42 Å². The van der Waals surface area contributed by atoms with E-state index in [-0.39, 0.29) is 30.9 Å². The molecule has 1 aliphatic heterocycles. The van der Waals surface area contributed by atoms with E-state index in [4.69, 9.17) is 5.11 Å². The zero-order valence-corrected chi connectivity index (χ0v) is 9.73. The normalized spacial score (nSPS) is 18.9. The molecule has 0 saturated carbocycles. The van der Waals surface area contributed by atoms with E-state index >= 15 is 0 Å². The average molecular weight is 243 g/mol. The number of carboxylic acids is 1. The Morgan fingerprint density at radius 2 is 2.12 bits per heavy atom. The average Bonchev–Trinajstić information content (AvgIpc) is 2.64. The summed E-state index contributed by atoms with van der Waals surface area (Å²) in [5, 5.41) is 13.7. The fourth-order valence-electron chi connectivity index (χ4n) is 1.74. The number of amides is 3. The van der Waals surface area contributed by atoms with Gasteiger partial charge in [-0.1, -0.05) is 0 Å².